The summed E-state index contributed by atoms with van der Waals surface area (Å²) < 4.78 is 38.9. The molecule has 3 aromatic rings. The van der Waals surface area contributed by atoms with Gasteiger partial charge in [0, 0.05) is 24.9 Å². The Morgan fingerprint density at radius 1 is 1.15 bits per heavy atom. The van der Waals surface area contributed by atoms with Crippen molar-refractivity contribution in [1.29, 1.82) is 0 Å². The molecule has 6 nitrogen and oxygen atoms in total. The van der Waals surface area contributed by atoms with E-state index in [-0.39, 0.29) is 33.7 Å². The molecule has 0 bridgehead atoms. The average molecular weight is 377 g/mol. The number of thiol groups is 1. The van der Waals surface area contributed by atoms with E-state index < -0.39 is 11.6 Å². The number of hydrogen-bond donors (Lipinski definition) is 1. The highest BCUT2D eigenvalue weighted by Gasteiger charge is 2.16. The van der Waals surface area contributed by atoms with Gasteiger partial charge in [-0.05, 0) is 18.2 Å². The number of ether oxygens (including phenoxy) is 2. The van der Waals surface area contributed by atoms with Crippen LogP contribution in [0.5, 0.6) is 17.2 Å². The second-order valence-electron chi connectivity index (χ2n) is 5.27. The van der Waals surface area contributed by atoms with Crippen molar-refractivity contribution in [2.75, 3.05) is 7.11 Å². The first-order valence-corrected chi connectivity index (χ1v) is 7.77. The van der Waals surface area contributed by atoms with Crippen molar-refractivity contribution in [1.82, 2.24) is 14.5 Å². The van der Waals surface area contributed by atoms with Crippen LogP contribution in [0.25, 0.3) is 11.3 Å². The summed E-state index contributed by atoms with van der Waals surface area (Å²) in [6.07, 6.45) is 2.83. The van der Waals surface area contributed by atoms with Crippen molar-refractivity contribution in [3.8, 4) is 28.5 Å². The number of rotatable bonds is 4. The van der Waals surface area contributed by atoms with Gasteiger partial charge < -0.3 is 14.0 Å². The van der Waals surface area contributed by atoms with Crippen molar-refractivity contribution in [2.24, 2.45) is 7.05 Å². The molecule has 9 heteroatoms. The van der Waals surface area contributed by atoms with Crippen molar-refractivity contribution in [3.63, 3.8) is 0 Å². The Bertz CT molecular complexity index is 1040. The predicted molar refractivity (Wildman–Crippen MR) is 92.9 cm³/mol. The molecule has 0 N–H and O–H groups in total. The van der Waals surface area contributed by atoms with Gasteiger partial charge in [0.15, 0.2) is 28.2 Å². The fourth-order valence-electron chi connectivity index (χ4n) is 2.28. The molecular formula is C17H13F2N3O3S. The van der Waals surface area contributed by atoms with Gasteiger partial charge in [-0.2, -0.15) is 0 Å². The molecule has 0 aliphatic rings. The van der Waals surface area contributed by atoms with Crippen LogP contribution in [0.15, 0.2) is 46.6 Å². The topological polar surface area (TPSA) is 66.2 Å². The van der Waals surface area contributed by atoms with Crippen LogP contribution in [0, 0.1) is 11.6 Å². The largest absolute Gasteiger partial charge is 0.491 e. The normalized spacial score (nSPS) is 10.7. The van der Waals surface area contributed by atoms with Gasteiger partial charge in [0.25, 0.3) is 5.56 Å². The van der Waals surface area contributed by atoms with Crippen LogP contribution in [0.3, 0.4) is 0 Å². The van der Waals surface area contributed by atoms with E-state index in [1.807, 2.05) is 0 Å². The Morgan fingerprint density at radius 2 is 1.92 bits per heavy atom. The molecular weight excluding hydrogens is 364 g/mol. The average Bonchev–Trinajstić information content (AvgIpc) is 2.61. The summed E-state index contributed by atoms with van der Waals surface area (Å²) in [5.41, 5.74) is 0.408. The lowest BCUT2D eigenvalue weighted by molar-refractivity contribution is 0.405. The minimum atomic E-state index is -0.871. The first kappa shape index (κ1) is 17.9. The van der Waals surface area contributed by atoms with Gasteiger partial charge in [0.05, 0.1) is 13.3 Å². The number of aryl methyl sites for hydroxylation is 1. The van der Waals surface area contributed by atoms with Gasteiger partial charge in [0.2, 0.25) is 0 Å². The number of hydrogen-bond acceptors (Lipinski definition) is 6. The zero-order valence-corrected chi connectivity index (χ0v) is 14.6. The lowest BCUT2D eigenvalue weighted by Gasteiger charge is -2.13. The molecule has 26 heavy (non-hydrogen) atoms. The molecule has 0 fully saturated rings. The summed E-state index contributed by atoms with van der Waals surface area (Å²) in [5.74, 6) is -1.58. The first-order valence-electron chi connectivity index (χ1n) is 7.33. The molecule has 3 rings (SSSR count). The summed E-state index contributed by atoms with van der Waals surface area (Å²) in [6, 6.07) is 4.41. The number of benzene rings is 1. The molecule has 2 heterocycles. The smallest absolute Gasteiger partial charge is 0.292 e. The van der Waals surface area contributed by atoms with Crippen molar-refractivity contribution in [3.05, 3.63) is 58.6 Å². The van der Waals surface area contributed by atoms with Crippen LogP contribution in [0.1, 0.15) is 0 Å². The minimum Gasteiger partial charge on any atom is -0.491 e. The van der Waals surface area contributed by atoms with Gasteiger partial charge in [0.1, 0.15) is 11.5 Å². The van der Waals surface area contributed by atoms with E-state index >= 15 is 0 Å². The number of methoxy groups -OCH3 is 1. The molecule has 0 aliphatic heterocycles. The fourth-order valence-corrected chi connectivity index (χ4v) is 2.43. The van der Waals surface area contributed by atoms with E-state index in [2.05, 4.69) is 22.6 Å². The van der Waals surface area contributed by atoms with E-state index in [1.54, 1.807) is 7.05 Å². The van der Waals surface area contributed by atoms with Crippen LogP contribution < -0.4 is 15.0 Å². The highest BCUT2D eigenvalue weighted by atomic mass is 32.1. The highest BCUT2D eigenvalue weighted by molar-refractivity contribution is 7.80. The minimum absolute atomic E-state index is 0.100. The SMILES string of the molecule is COc1cc(-c2nc(S)ncc2Oc2ccc(F)cc2F)cn(C)c1=O. The molecule has 0 atom stereocenters. The number of nitrogens with zero attached hydrogens (tertiary/aromatic N) is 3. The zero-order chi connectivity index (χ0) is 18.8. The summed E-state index contributed by atoms with van der Waals surface area (Å²) in [6.45, 7) is 0. The van der Waals surface area contributed by atoms with Crippen LogP contribution in [0.4, 0.5) is 8.78 Å². The maximum atomic E-state index is 13.9. The maximum Gasteiger partial charge on any atom is 0.292 e. The number of pyridine rings is 1. The fraction of sp³-hybridized carbons (Fsp3) is 0.118. The number of aromatic nitrogens is 3. The van der Waals surface area contributed by atoms with Gasteiger partial charge in [-0.25, -0.2) is 18.7 Å². The Labute approximate surface area is 152 Å². The third kappa shape index (κ3) is 3.52. The summed E-state index contributed by atoms with van der Waals surface area (Å²) >= 11 is 4.11. The van der Waals surface area contributed by atoms with E-state index in [0.717, 1.165) is 12.1 Å². The van der Waals surface area contributed by atoms with Crippen molar-refractivity contribution in [2.45, 2.75) is 5.16 Å². The van der Waals surface area contributed by atoms with Gasteiger partial charge in [-0.15, -0.1) is 12.6 Å². The molecule has 0 unspecified atom stereocenters. The van der Waals surface area contributed by atoms with Gasteiger partial charge >= 0.3 is 0 Å². The molecule has 0 radical (unpaired) electrons. The molecule has 134 valence electrons. The second-order valence-corrected chi connectivity index (χ2v) is 5.67. The van der Waals surface area contributed by atoms with E-state index in [1.165, 1.54) is 30.1 Å². The molecule has 0 saturated heterocycles. The van der Waals surface area contributed by atoms with Crippen molar-refractivity contribution >= 4 is 12.6 Å². The lowest BCUT2D eigenvalue weighted by Crippen LogP contribution is -2.18. The second kappa shape index (κ2) is 7.12. The summed E-state index contributed by atoms with van der Waals surface area (Å²) in [7, 11) is 2.92. The third-order valence-corrected chi connectivity index (χ3v) is 3.72. The summed E-state index contributed by atoms with van der Waals surface area (Å²) in [5, 5.41) is 0.153. The Morgan fingerprint density at radius 3 is 2.62 bits per heavy atom. The van der Waals surface area contributed by atoms with Gasteiger partial charge in [-0.1, -0.05) is 0 Å². The van der Waals surface area contributed by atoms with Crippen LogP contribution in [0.2, 0.25) is 0 Å². The molecule has 0 aliphatic carbocycles. The summed E-state index contributed by atoms with van der Waals surface area (Å²) in [4.78, 5) is 20.1. The molecule has 0 spiro atoms. The van der Waals surface area contributed by atoms with E-state index in [4.69, 9.17) is 9.47 Å². The highest BCUT2D eigenvalue weighted by Crippen LogP contribution is 2.33. The Kier molecular flexibility index (Phi) is 4.90. The molecule has 0 saturated carbocycles. The lowest BCUT2D eigenvalue weighted by atomic mass is 10.2. The monoisotopic (exact) mass is 377 g/mol. The predicted octanol–water partition coefficient (Wildman–Crippen LogP) is 3.21. The first-order chi connectivity index (χ1) is 12.4. The quantitative estimate of drug-likeness (QED) is 0.559. The molecule has 0 amide bonds. The standard InChI is InChI=1S/C17H13F2N3O3S/c1-22-8-9(5-13(24-2)16(22)23)15-14(7-20-17(26)21-15)25-12-4-3-10(18)6-11(12)19/h3-8H,1-2H3,(H,20,21,26). The maximum absolute atomic E-state index is 13.9. The van der Waals surface area contributed by atoms with Crippen molar-refractivity contribution < 1.29 is 18.3 Å². The van der Waals surface area contributed by atoms with Gasteiger partial charge in [-0.3, -0.25) is 4.79 Å². The van der Waals surface area contributed by atoms with Crippen LogP contribution in [-0.4, -0.2) is 21.6 Å². The molecule has 1 aromatic carbocycles. The van der Waals surface area contributed by atoms with E-state index in [0.29, 0.717) is 11.6 Å². The van der Waals surface area contributed by atoms with Crippen LogP contribution >= 0.6 is 12.6 Å². The zero-order valence-electron chi connectivity index (χ0n) is 13.7. The number of halogens is 2. The Balaban J connectivity index is 2.12. The van der Waals surface area contributed by atoms with Crippen LogP contribution in [-0.2, 0) is 7.05 Å². The molecule has 2 aromatic heterocycles. The van der Waals surface area contributed by atoms with E-state index in [9.17, 15) is 13.6 Å². The third-order valence-electron chi connectivity index (χ3n) is 3.50. The Hall–Kier alpha value is -2.94.